The topological polar surface area (TPSA) is 38.7 Å². The van der Waals surface area contributed by atoms with Gasteiger partial charge in [-0.3, -0.25) is 0 Å². The molecule has 0 aliphatic rings. The fourth-order valence-corrected chi connectivity index (χ4v) is 1.32. The van der Waals surface area contributed by atoms with Crippen molar-refractivity contribution in [2.24, 2.45) is 0 Å². The molecule has 0 amide bonds. The molecule has 0 bridgehead atoms. The van der Waals surface area contributed by atoms with E-state index in [2.05, 4.69) is 30.9 Å². The minimum absolute atomic E-state index is 0.377. The van der Waals surface area contributed by atoms with E-state index in [-0.39, 0.29) is 0 Å². The predicted molar refractivity (Wildman–Crippen MR) is 50.0 cm³/mol. The van der Waals surface area contributed by atoms with E-state index < -0.39 is 0 Å². The van der Waals surface area contributed by atoms with Crippen LogP contribution in [0.5, 0.6) is 0 Å². The molecule has 0 aromatic carbocycles. The summed E-state index contributed by atoms with van der Waals surface area (Å²) in [7, 11) is 0. The first-order valence-electron chi connectivity index (χ1n) is 3.19. The Morgan fingerprint density at radius 2 is 2.00 bits per heavy atom. The minimum Gasteiger partial charge on any atom is -0.234 e. The highest BCUT2D eigenvalue weighted by Gasteiger charge is 1.98. The molecule has 0 unspecified atom stereocenters. The van der Waals surface area contributed by atoms with Crippen LogP contribution in [0.2, 0.25) is 5.15 Å². The van der Waals surface area contributed by atoms with Crippen LogP contribution in [-0.4, -0.2) is 15.0 Å². The summed E-state index contributed by atoms with van der Waals surface area (Å²) in [6.07, 6.45) is 3.15. The Hall–Kier alpha value is -0.740. The maximum atomic E-state index is 5.65. The Kier molecular flexibility index (Phi) is 1.94. The average Bonchev–Trinajstić information content (AvgIpc) is 2.03. The average molecular weight is 244 g/mol. The van der Waals surface area contributed by atoms with Gasteiger partial charge in [0, 0.05) is 10.7 Å². The Balaban J connectivity index is 2.80. The third kappa shape index (κ3) is 1.40. The molecule has 0 aliphatic carbocycles. The van der Waals surface area contributed by atoms with Gasteiger partial charge < -0.3 is 0 Å². The second-order valence-electron chi connectivity index (χ2n) is 2.19. The van der Waals surface area contributed by atoms with E-state index in [4.69, 9.17) is 11.6 Å². The standard InChI is InChI=1S/C7H3BrClN3/c8-4-1-5-7(10-2-4)11-3-6(9)12-5/h1-3H. The third-order valence-electron chi connectivity index (χ3n) is 1.33. The van der Waals surface area contributed by atoms with Crippen molar-refractivity contribution in [3.05, 3.63) is 28.1 Å². The number of hydrogen-bond acceptors (Lipinski definition) is 3. The molecule has 0 saturated carbocycles. The summed E-state index contributed by atoms with van der Waals surface area (Å²) in [5.41, 5.74) is 1.29. The van der Waals surface area contributed by atoms with Gasteiger partial charge in [0.05, 0.1) is 6.20 Å². The molecule has 0 spiro atoms. The summed E-state index contributed by atoms with van der Waals surface area (Å²) in [5, 5.41) is 0.377. The Bertz CT molecular complexity index is 395. The first kappa shape index (κ1) is 7.89. The first-order chi connectivity index (χ1) is 5.75. The Morgan fingerprint density at radius 1 is 1.25 bits per heavy atom. The highest BCUT2D eigenvalue weighted by atomic mass is 79.9. The lowest BCUT2D eigenvalue weighted by Gasteiger charge is -1.95. The highest BCUT2D eigenvalue weighted by molar-refractivity contribution is 9.10. The molecular formula is C7H3BrClN3. The zero-order valence-electron chi connectivity index (χ0n) is 5.83. The van der Waals surface area contributed by atoms with Crippen molar-refractivity contribution in [3.8, 4) is 0 Å². The van der Waals surface area contributed by atoms with E-state index in [0.717, 1.165) is 4.47 Å². The summed E-state index contributed by atoms with van der Waals surface area (Å²) < 4.78 is 0.867. The van der Waals surface area contributed by atoms with Gasteiger partial charge in [0.15, 0.2) is 5.65 Å². The molecule has 60 valence electrons. The molecule has 2 aromatic rings. The fourth-order valence-electron chi connectivity index (χ4n) is 0.861. The Labute approximate surface area is 81.9 Å². The van der Waals surface area contributed by atoms with E-state index in [0.29, 0.717) is 16.3 Å². The van der Waals surface area contributed by atoms with E-state index in [1.54, 1.807) is 6.20 Å². The molecule has 0 aliphatic heterocycles. The zero-order valence-corrected chi connectivity index (χ0v) is 8.17. The molecule has 0 N–H and O–H groups in total. The zero-order chi connectivity index (χ0) is 8.55. The maximum absolute atomic E-state index is 5.65. The second kappa shape index (κ2) is 2.95. The van der Waals surface area contributed by atoms with Gasteiger partial charge in [-0.1, -0.05) is 11.6 Å². The molecular weight excluding hydrogens is 241 g/mol. The first-order valence-corrected chi connectivity index (χ1v) is 4.36. The van der Waals surface area contributed by atoms with Crippen molar-refractivity contribution in [1.29, 1.82) is 0 Å². The number of nitrogens with zero attached hydrogens (tertiary/aromatic N) is 3. The summed E-state index contributed by atoms with van der Waals surface area (Å²) in [6, 6.07) is 1.82. The van der Waals surface area contributed by atoms with E-state index in [9.17, 15) is 0 Å². The monoisotopic (exact) mass is 243 g/mol. The van der Waals surface area contributed by atoms with Crippen LogP contribution in [0.25, 0.3) is 11.2 Å². The van der Waals surface area contributed by atoms with Gasteiger partial charge in [-0.2, -0.15) is 0 Å². The van der Waals surface area contributed by atoms with Crippen molar-refractivity contribution in [2.75, 3.05) is 0 Å². The molecule has 2 aromatic heterocycles. The summed E-state index contributed by atoms with van der Waals surface area (Å²) in [5.74, 6) is 0. The smallest absolute Gasteiger partial charge is 0.178 e. The van der Waals surface area contributed by atoms with Gasteiger partial charge in [0.1, 0.15) is 10.7 Å². The predicted octanol–water partition coefficient (Wildman–Crippen LogP) is 2.44. The number of hydrogen-bond donors (Lipinski definition) is 0. The molecule has 12 heavy (non-hydrogen) atoms. The number of halogens is 2. The van der Waals surface area contributed by atoms with Crippen LogP contribution in [0.15, 0.2) is 22.9 Å². The van der Waals surface area contributed by atoms with Crippen molar-refractivity contribution < 1.29 is 0 Å². The minimum atomic E-state index is 0.377. The van der Waals surface area contributed by atoms with Gasteiger partial charge in [-0.25, -0.2) is 15.0 Å². The van der Waals surface area contributed by atoms with Crippen LogP contribution in [0.1, 0.15) is 0 Å². The van der Waals surface area contributed by atoms with Crippen LogP contribution in [0.3, 0.4) is 0 Å². The van der Waals surface area contributed by atoms with Crippen LogP contribution in [0.4, 0.5) is 0 Å². The van der Waals surface area contributed by atoms with Crippen molar-refractivity contribution >= 4 is 38.7 Å². The molecule has 0 fully saturated rings. The largest absolute Gasteiger partial charge is 0.234 e. The van der Waals surface area contributed by atoms with Crippen LogP contribution >= 0.6 is 27.5 Å². The Morgan fingerprint density at radius 3 is 2.83 bits per heavy atom. The quantitative estimate of drug-likeness (QED) is 0.714. The molecule has 0 atom stereocenters. The van der Waals surface area contributed by atoms with Gasteiger partial charge in [0.25, 0.3) is 0 Å². The van der Waals surface area contributed by atoms with Crippen molar-refractivity contribution in [1.82, 2.24) is 15.0 Å². The number of pyridine rings is 1. The third-order valence-corrected chi connectivity index (χ3v) is 1.95. The number of rotatable bonds is 0. The lowest BCUT2D eigenvalue weighted by molar-refractivity contribution is 1.22. The van der Waals surface area contributed by atoms with E-state index in [1.807, 2.05) is 6.07 Å². The summed E-state index contributed by atoms with van der Waals surface area (Å²) in [4.78, 5) is 12.1. The number of aromatic nitrogens is 3. The molecule has 3 nitrogen and oxygen atoms in total. The SMILES string of the molecule is Clc1cnc2ncc(Br)cc2n1. The molecule has 5 heteroatoms. The van der Waals surface area contributed by atoms with E-state index in [1.165, 1.54) is 6.20 Å². The van der Waals surface area contributed by atoms with Gasteiger partial charge in [-0.15, -0.1) is 0 Å². The lowest BCUT2D eigenvalue weighted by atomic mass is 10.4. The molecule has 0 radical (unpaired) electrons. The number of fused-ring (bicyclic) bond motifs is 1. The normalized spacial score (nSPS) is 10.5. The van der Waals surface area contributed by atoms with Crippen LogP contribution in [0, 0.1) is 0 Å². The van der Waals surface area contributed by atoms with Crippen LogP contribution < -0.4 is 0 Å². The van der Waals surface area contributed by atoms with Crippen molar-refractivity contribution in [3.63, 3.8) is 0 Å². The molecule has 0 saturated heterocycles. The van der Waals surface area contributed by atoms with Gasteiger partial charge in [-0.05, 0) is 22.0 Å². The lowest BCUT2D eigenvalue weighted by Crippen LogP contribution is -1.86. The van der Waals surface area contributed by atoms with Crippen LogP contribution in [-0.2, 0) is 0 Å². The second-order valence-corrected chi connectivity index (χ2v) is 3.49. The summed E-state index contributed by atoms with van der Waals surface area (Å²) >= 11 is 8.94. The van der Waals surface area contributed by atoms with E-state index >= 15 is 0 Å². The van der Waals surface area contributed by atoms with Gasteiger partial charge >= 0.3 is 0 Å². The van der Waals surface area contributed by atoms with Gasteiger partial charge in [0.2, 0.25) is 0 Å². The maximum Gasteiger partial charge on any atom is 0.178 e. The molecule has 2 heterocycles. The molecule has 2 rings (SSSR count). The highest BCUT2D eigenvalue weighted by Crippen LogP contribution is 2.15. The summed E-state index contributed by atoms with van der Waals surface area (Å²) in [6.45, 7) is 0. The van der Waals surface area contributed by atoms with Crippen molar-refractivity contribution in [2.45, 2.75) is 0 Å². The fraction of sp³-hybridized carbons (Fsp3) is 0.